The highest BCUT2D eigenvalue weighted by Crippen LogP contribution is 2.18. The van der Waals surface area contributed by atoms with Gasteiger partial charge in [0.1, 0.15) is 0 Å². The van der Waals surface area contributed by atoms with Gasteiger partial charge >= 0.3 is 0 Å². The highest BCUT2D eigenvalue weighted by atomic mass is 15.4. The minimum absolute atomic E-state index is 1.18. The van der Waals surface area contributed by atoms with Crippen LogP contribution in [0.15, 0.2) is 12.7 Å². The van der Waals surface area contributed by atoms with Crippen molar-refractivity contribution >= 4 is 0 Å². The van der Waals surface area contributed by atoms with Gasteiger partial charge in [0.05, 0.1) is 26.2 Å². The van der Waals surface area contributed by atoms with Gasteiger partial charge in [0, 0.05) is 12.8 Å². The molecule has 1 heteroatoms. The first-order chi connectivity index (χ1) is 4.83. The molecular weight excluding hydrogens is 122 g/mol. The van der Waals surface area contributed by atoms with E-state index in [1.54, 1.807) is 0 Å². The minimum Gasteiger partial charge on any atom is -0.321 e. The highest BCUT2D eigenvalue weighted by Gasteiger charge is 2.27. The fourth-order valence-corrected chi connectivity index (χ4v) is 1.91. The van der Waals surface area contributed by atoms with Crippen molar-refractivity contribution in [3.63, 3.8) is 0 Å². The Balaban J connectivity index is 2.48. The second-order valence-electron chi connectivity index (χ2n) is 3.28. The third kappa shape index (κ3) is 1.40. The smallest absolute Gasteiger partial charge is 0.0971 e. The summed E-state index contributed by atoms with van der Waals surface area (Å²) in [5.41, 5.74) is 0. The van der Waals surface area contributed by atoms with Crippen molar-refractivity contribution in [2.24, 2.45) is 0 Å². The molecule has 0 unspecified atom stereocenters. The van der Waals surface area contributed by atoms with Gasteiger partial charge in [-0.1, -0.05) is 6.58 Å². The molecule has 0 aliphatic carbocycles. The van der Waals surface area contributed by atoms with Crippen LogP contribution in [0.2, 0.25) is 0 Å². The first-order valence-corrected chi connectivity index (χ1v) is 4.29. The Morgan fingerprint density at radius 2 is 2.00 bits per heavy atom. The largest absolute Gasteiger partial charge is 0.321 e. The predicted molar refractivity (Wildman–Crippen MR) is 44.8 cm³/mol. The first kappa shape index (κ1) is 7.80. The van der Waals surface area contributed by atoms with Crippen LogP contribution >= 0.6 is 0 Å². The zero-order chi connectivity index (χ0) is 7.45. The van der Waals surface area contributed by atoms with E-state index in [-0.39, 0.29) is 0 Å². The molecule has 1 saturated heterocycles. The van der Waals surface area contributed by atoms with E-state index in [9.17, 15) is 0 Å². The zero-order valence-electron chi connectivity index (χ0n) is 6.97. The molecule has 0 aromatic rings. The van der Waals surface area contributed by atoms with Crippen LogP contribution in [0.25, 0.3) is 0 Å². The average molecular weight is 140 g/mol. The van der Waals surface area contributed by atoms with E-state index in [2.05, 4.69) is 19.6 Å². The van der Waals surface area contributed by atoms with E-state index in [1.807, 2.05) is 0 Å². The number of hydrogen-bond acceptors (Lipinski definition) is 0. The SMILES string of the molecule is C=CC[N+]1(CC)CCCC1. The quantitative estimate of drug-likeness (QED) is 0.414. The van der Waals surface area contributed by atoms with E-state index >= 15 is 0 Å². The summed E-state index contributed by atoms with van der Waals surface area (Å²) in [6, 6.07) is 0. The summed E-state index contributed by atoms with van der Waals surface area (Å²) in [7, 11) is 0. The molecule has 1 nitrogen and oxygen atoms in total. The van der Waals surface area contributed by atoms with E-state index in [0.29, 0.717) is 0 Å². The zero-order valence-corrected chi connectivity index (χ0v) is 6.97. The van der Waals surface area contributed by atoms with E-state index in [0.717, 1.165) is 0 Å². The average Bonchev–Trinajstić information content (AvgIpc) is 2.39. The second kappa shape index (κ2) is 3.20. The number of nitrogens with zero attached hydrogens (tertiary/aromatic N) is 1. The molecule has 1 rings (SSSR count). The van der Waals surface area contributed by atoms with Crippen LogP contribution < -0.4 is 0 Å². The third-order valence-corrected chi connectivity index (χ3v) is 2.70. The van der Waals surface area contributed by atoms with Gasteiger partial charge < -0.3 is 4.48 Å². The molecule has 1 aliphatic rings. The number of rotatable bonds is 3. The van der Waals surface area contributed by atoms with Crippen LogP contribution in [-0.4, -0.2) is 30.7 Å². The van der Waals surface area contributed by atoms with Gasteiger partial charge in [-0.25, -0.2) is 0 Å². The lowest BCUT2D eigenvalue weighted by molar-refractivity contribution is -0.909. The molecule has 0 amide bonds. The monoisotopic (exact) mass is 140 g/mol. The lowest BCUT2D eigenvalue weighted by atomic mass is 10.4. The molecule has 1 heterocycles. The van der Waals surface area contributed by atoms with E-state index < -0.39 is 0 Å². The number of quaternary nitrogens is 1. The summed E-state index contributed by atoms with van der Waals surface area (Å²) in [5.74, 6) is 0. The molecule has 1 aliphatic heterocycles. The van der Waals surface area contributed by atoms with Gasteiger partial charge in [-0.05, 0) is 13.0 Å². The molecular formula is C9H18N+. The number of likely N-dealkylation sites (tertiary alicyclic amines) is 1. The first-order valence-electron chi connectivity index (χ1n) is 4.29. The highest BCUT2D eigenvalue weighted by molar-refractivity contribution is 4.68. The van der Waals surface area contributed by atoms with Crippen molar-refractivity contribution in [3.05, 3.63) is 12.7 Å². The molecule has 0 aromatic carbocycles. The van der Waals surface area contributed by atoms with E-state index in [4.69, 9.17) is 0 Å². The topological polar surface area (TPSA) is 0 Å². The Hall–Kier alpha value is -0.300. The Morgan fingerprint density at radius 1 is 1.40 bits per heavy atom. The molecule has 0 bridgehead atoms. The van der Waals surface area contributed by atoms with Gasteiger partial charge in [-0.15, -0.1) is 0 Å². The molecule has 10 heavy (non-hydrogen) atoms. The molecule has 0 aromatic heterocycles. The van der Waals surface area contributed by atoms with Gasteiger partial charge in [-0.2, -0.15) is 0 Å². The molecule has 1 fully saturated rings. The Kier molecular flexibility index (Phi) is 2.50. The lowest BCUT2D eigenvalue weighted by Crippen LogP contribution is -2.44. The van der Waals surface area contributed by atoms with Crippen molar-refractivity contribution in [1.29, 1.82) is 0 Å². The van der Waals surface area contributed by atoms with Crippen LogP contribution in [0.4, 0.5) is 0 Å². The normalized spacial score (nSPS) is 22.9. The summed E-state index contributed by atoms with van der Waals surface area (Å²) in [4.78, 5) is 0. The molecule has 0 N–H and O–H groups in total. The maximum Gasteiger partial charge on any atom is 0.0971 e. The van der Waals surface area contributed by atoms with E-state index in [1.165, 1.54) is 43.5 Å². The van der Waals surface area contributed by atoms with Gasteiger partial charge in [0.15, 0.2) is 0 Å². The second-order valence-corrected chi connectivity index (χ2v) is 3.28. The molecule has 58 valence electrons. The fourth-order valence-electron chi connectivity index (χ4n) is 1.91. The van der Waals surface area contributed by atoms with Crippen molar-refractivity contribution in [2.45, 2.75) is 19.8 Å². The summed E-state index contributed by atoms with van der Waals surface area (Å²) < 4.78 is 1.30. The van der Waals surface area contributed by atoms with Gasteiger partial charge in [-0.3, -0.25) is 0 Å². The Labute approximate surface area is 63.9 Å². The third-order valence-electron chi connectivity index (χ3n) is 2.70. The van der Waals surface area contributed by atoms with Crippen LogP contribution in [0.5, 0.6) is 0 Å². The van der Waals surface area contributed by atoms with Crippen molar-refractivity contribution < 1.29 is 4.48 Å². The predicted octanol–water partition coefficient (Wildman–Crippen LogP) is 1.80. The van der Waals surface area contributed by atoms with Crippen molar-refractivity contribution in [2.75, 3.05) is 26.2 Å². The minimum atomic E-state index is 1.18. The maximum absolute atomic E-state index is 3.80. The van der Waals surface area contributed by atoms with Crippen LogP contribution in [-0.2, 0) is 0 Å². The van der Waals surface area contributed by atoms with Crippen molar-refractivity contribution in [3.8, 4) is 0 Å². The van der Waals surface area contributed by atoms with Crippen LogP contribution in [0, 0.1) is 0 Å². The molecule has 0 saturated carbocycles. The lowest BCUT2D eigenvalue weighted by Gasteiger charge is -2.31. The molecule has 0 radical (unpaired) electrons. The molecule has 0 spiro atoms. The standard InChI is InChI=1S/C9H18N/c1-3-7-10(4-2)8-5-6-9-10/h3H,1,4-9H2,2H3/q+1. The number of likely N-dealkylation sites (N-methyl/N-ethyl adjacent to an activating group) is 1. The van der Waals surface area contributed by atoms with Crippen LogP contribution in [0.3, 0.4) is 0 Å². The molecule has 0 atom stereocenters. The van der Waals surface area contributed by atoms with Crippen LogP contribution in [0.1, 0.15) is 19.8 Å². The fraction of sp³-hybridized carbons (Fsp3) is 0.778. The summed E-state index contributed by atoms with van der Waals surface area (Å²) >= 11 is 0. The summed E-state index contributed by atoms with van der Waals surface area (Å²) in [6.45, 7) is 11.3. The van der Waals surface area contributed by atoms with Crippen molar-refractivity contribution in [1.82, 2.24) is 0 Å². The maximum atomic E-state index is 3.80. The number of hydrogen-bond donors (Lipinski definition) is 0. The summed E-state index contributed by atoms with van der Waals surface area (Å²) in [6.07, 6.45) is 4.90. The summed E-state index contributed by atoms with van der Waals surface area (Å²) in [5, 5.41) is 0. The Bertz CT molecular complexity index is 112. The van der Waals surface area contributed by atoms with Gasteiger partial charge in [0.25, 0.3) is 0 Å². The Morgan fingerprint density at radius 3 is 2.40 bits per heavy atom. The van der Waals surface area contributed by atoms with Gasteiger partial charge in [0.2, 0.25) is 0 Å².